The molecule has 1 aliphatic rings. The van der Waals surface area contributed by atoms with Gasteiger partial charge < -0.3 is 14.2 Å². The van der Waals surface area contributed by atoms with Crippen LogP contribution >= 0.6 is 0 Å². The van der Waals surface area contributed by atoms with E-state index < -0.39 is 17.5 Å². The number of rotatable bonds is 5. The number of hydrogen-bond donors (Lipinski definition) is 0. The Morgan fingerprint density at radius 3 is 2.35 bits per heavy atom. The van der Waals surface area contributed by atoms with Crippen LogP contribution in [0, 0.1) is 0 Å². The fraction of sp³-hybridized carbons (Fsp3) is 0.600. The van der Waals surface area contributed by atoms with Gasteiger partial charge in [0.15, 0.2) is 16.9 Å². The minimum atomic E-state index is -0.945. The van der Waals surface area contributed by atoms with Crippen LogP contribution in [-0.4, -0.2) is 31.3 Å². The van der Waals surface area contributed by atoms with Gasteiger partial charge in [-0.3, -0.25) is 0 Å². The van der Waals surface area contributed by atoms with Crippen LogP contribution in [0.2, 0.25) is 0 Å². The van der Waals surface area contributed by atoms with Crippen molar-refractivity contribution < 1.29 is 23.8 Å². The highest BCUT2D eigenvalue weighted by molar-refractivity contribution is 6.16. The van der Waals surface area contributed by atoms with E-state index in [1.165, 1.54) is 18.3 Å². The van der Waals surface area contributed by atoms with E-state index in [0.29, 0.717) is 6.61 Å². The van der Waals surface area contributed by atoms with Crippen LogP contribution in [-0.2, 0) is 23.8 Å². The fourth-order valence-electron chi connectivity index (χ4n) is 1.80. The lowest BCUT2D eigenvalue weighted by Gasteiger charge is -2.21. The van der Waals surface area contributed by atoms with Gasteiger partial charge >= 0.3 is 11.9 Å². The number of carbonyl (C=O) groups excluding carboxylic acids is 2. The maximum absolute atomic E-state index is 11.7. The van der Waals surface area contributed by atoms with Gasteiger partial charge in [-0.15, -0.1) is 0 Å². The maximum atomic E-state index is 11.7. The first-order valence-corrected chi connectivity index (χ1v) is 6.53. The summed E-state index contributed by atoms with van der Waals surface area (Å²) in [4.78, 5) is 23.4. The quantitative estimate of drug-likeness (QED) is 0.440. The highest BCUT2D eigenvalue weighted by atomic mass is 16.6. The number of carbonyl (C=O) groups is 2. The zero-order chi connectivity index (χ0) is 15.5. The molecular formula is C15H22O5. The first-order valence-electron chi connectivity index (χ1n) is 6.53. The topological polar surface area (TPSA) is 61.8 Å². The summed E-state index contributed by atoms with van der Waals surface area (Å²) in [5.74, 6) is -1.18. The predicted molar refractivity (Wildman–Crippen MR) is 73.8 cm³/mol. The van der Waals surface area contributed by atoms with E-state index in [2.05, 4.69) is 4.74 Å². The molecule has 0 aromatic rings. The Hall–Kier alpha value is -1.78. The molecule has 0 aromatic carbocycles. The van der Waals surface area contributed by atoms with E-state index in [4.69, 9.17) is 9.47 Å². The van der Waals surface area contributed by atoms with Crippen molar-refractivity contribution in [3.8, 4) is 0 Å². The van der Waals surface area contributed by atoms with Crippen LogP contribution < -0.4 is 0 Å². The molecule has 5 nitrogen and oxygen atoms in total. The molecule has 0 spiro atoms. The number of cyclic esters (lactones) is 1. The van der Waals surface area contributed by atoms with Crippen molar-refractivity contribution >= 4 is 11.9 Å². The standard InChI is InChI=1S/C15H22O5/c1-9(2)10(3)7-8-19-12-11(13(16)18-6)14(17)20-15(12,4)5/h7-8H2,1-6H3. The minimum Gasteiger partial charge on any atom is -0.492 e. The lowest BCUT2D eigenvalue weighted by molar-refractivity contribution is -0.148. The molecular weight excluding hydrogens is 260 g/mol. The molecule has 0 saturated carbocycles. The smallest absolute Gasteiger partial charge is 0.350 e. The molecule has 1 heterocycles. The summed E-state index contributed by atoms with van der Waals surface area (Å²) in [5.41, 5.74) is 1.36. The molecule has 0 N–H and O–H groups in total. The molecule has 0 atom stereocenters. The summed E-state index contributed by atoms with van der Waals surface area (Å²) in [6.45, 7) is 9.83. The van der Waals surface area contributed by atoms with Gasteiger partial charge in [0, 0.05) is 6.42 Å². The molecule has 0 saturated heterocycles. The van der Waals surface area contributed by atoms with Crippen molar-refractivity contribution in [1.29, 1.82) is 0 Å². The second kappa shape index (κ2) is 6.11. The molecule has 0 aliphatic carbocycles. The van der Waals surface area contributed by atoms with Crippen LogP contribution in [0.3, 0.4) is 0 Å². The second-order valence-corrected chi connectivity index (χ2v) is 5.47. The van der Waals surface area contributed by atoms with Gasteiger partial charge in [-0.2, -0.15) is 0 Å². The van der Waals surface area contributed by atoms with Crippen molar-refractivity contribution in [1.82, 2.24) is 0 Å². The van der Waals surface area contributed by atoms with Crippen molar-refractivity contribution in [2.24, 2.45) is 0 Å². The van der Waals surface area contributed by atoms with Crippen molar-refractivity contribution in [3.63, 3.8) is 0 Å². The number of allylic oxidation sites excluding steroid dienone is 1. The van der Waals surface area contributed by atoms with Crippen molar-refractivity contribution in [2.75, 3.05) is 13.7 Å². The summed E-state index contributed by atoms with van der Waals surface area (Å²) in [5, 5.41) is 0. The molecule has 0 amide bonds. The normalized spacial score (nSPS) is 16.8. The van der Waals surface area contributed by atoms with E-state index in [-0.39, 0.29) is 11.3 Å². The van der Waals surface area contributed by atoms with E-state index >= 15 is 0 Å². The van der Waals surface area contributed by atoms with E-state index in [9.17, 15) is 9.59 Å². The summed E-state index contributed by atoms with van der Waals surface area (Å²) >= 11 is 0. The summed E-state index contributed by atoms with van der Waals surface area (Å²) < 4.78 is 15.4. The number of esters is 2. The number of methoxy groups -OCH3 is 1. The number of hydrogen-bond acceptors (Lipinski definition) is 5. The summed E-state index contributed by atoms with van der Waals surface area (Å²) in [7, 11) is 1.22. The fourth-order valence-corrected chi connectivity index (χ4v) is 1.80. The highest BCUT2D eigenvalue weighted by Crippen LogP contribution is 2.34. The third-order valence-electron chi connectivity index (χ3n) is 3.29. The van der Waals surface area contributed by atoms with Crippen LogP contribution in [0.25, 0.3) is 0 Å². The molecule has 112 valence electrons. The maximum Gasteiger partial charge on any atom is 0.350 e. The van der Waals surface area contributed by atoms with Crippen molar-refractivity contribution in [3.05, 3.63) is 22.5 Å². The monoisotopic (exact) mass is 282 g/mol. The Bertz CT molecular complexity index is 478. The van der Waals surface area contributed by atoms with Crippen LogP contribution in [0.4, 0.5) is 0 Å². The molecule has 1 aliphatic heterocycles. The highest BCUT2D eigenvalue weighted by Gasteiger charge is 2.46. The zero-order valence-electron chi connectivity index (χ0n) is 13.0. The molecule has 20 heavy (non-hydrogen) atoms. The van der Waals surface area contributed by atoms with Gasteiger partial charge in [0.2, 0.25) is 0 Å². The number of ether oxygens (including phenoxy) is 3. The first-order chi connectivity index (χ1) is 9.20. The van der Waals surface area contributed by atoms with E-state index in [1.54, 1.807) is 13.8 Å². The van der Waals surface area contributed by atoms with Gasteiger partial charge in [-0.1, -0.05) is 11.1 Å². The SMILES string of the molecule is COC(=O)C1=C(OCCC(C)=C(C)C)C(C)(C)OC1=O. The zero-order valence-corrected chi connectivity index (χ0v) is 13.0. The van der Waals surface area contributed by atoms with Crippen LogP contribution in [0.5, 0.6) is 0 Å². The largest absolute Gasteiger partial charge is 0.492 e. The third kappa shape index (κ3) is 3.40. The Kier molecular flexibility index (Phi) is 4.98. The average molecular weight is 282 g/mol. The van der Waals surface area contributed by atoms with Crippen LogP contribution in [0.15, 0.2) is 22.5 Å². The van der Waals surface area contributed by atoms with Gasteiger partial charge in [-0.05, 0) is 34.6 Å². The summed E-state index contributed by atoms with van der Waals surface area (Å²) in [6, 6.07) is 0. The van der Waals surface area contributed by atoms with Gasteiger partial charge in [0.1, 0.15) is 0 Å². The van der Waals surface area contributed by atoms with E-state index in [0.717, 1.165) is 6.42 Å². The average Bonchev–Trinajstić information content (AvgIpc) is 2.57. The van der Waals surface area contributed by atoms with Gasteiger partial charge in [-0.25, -0.2) is 9.59 Å². The molecule has 5 heteroatoms. The lowest BCUT2D eigenvalue weighted by Crippen LogP contribution is -2.25. The van der Waals surface area contributed by atoms with Gasteiger partial charge in [0.25, 0.3) is 0 Å². The Morgan fingerprint density at radius 2 is 1.85 bits per heavy atom. The Labute approximate surface area is 119 Å². The predicted octanol–water partition coefficient (Wildman–Crippen LogP) is 2.51. The summed E-state index contributed by atoms with van der Waals surface area (Å²) in [6.07, 6.45) is 0.727. The lowest BCUT2D eigenvalue weighted by atomic mass is 10.1. The van der Waals surface area contributed by atoms with Crippen molar-refractivity contribution in [2.45, 2.75) is 46.6 Å². The Morgan fingerprint density at radius 1 is 1.25 bits per heavy atom. The first kappa shape index (κ1) is 16.3. The minimum absolute atomic E-state index is 0.146. The Balaban J connectivity index is 2.91. The molecule has 0 unspecified atom stereocenters. The molecule has 1 rings (SSSR count). The van der Waals surface area contributed by atoms with Crippen LogP contribution in [0.1, 0.15) is 41.0 Å². The molecule has 0 fully saturated rings. The molecule has 0 radical (unpaired) electrons. The molecule has 0 aromatic heterocycles. The van der Waals surface area contributed by atoms with E-state index in [1.807, 2.05) is 20.8 Å². The second-order valence-electron chi connectivity index (χ2n) is 5.47. The molecule has 0 bridgehead atoms. The van der Waals surface area contributed by atoms with Gasteiger partial charge in [0.05, 0.1) is 13.7 Å². The third-order valence-corrected chi connectivity index (χ3v) is 3.29.